The summed E-state index contributed by atoms with van der Waals surface area (Å²) in [6.07, 6.45) is 1.65. The van der Waals surface area contributed by atoms with Crippen LogP contribution in [0, 0.1) is 19.7 Å². The van der Waals surface area contributed by atoms with E-state index in [2.05, 4.69) is 25.4 Å². The molecule has 0 spiro atoms. The van der Waals surface area contributed by atoms with E-state index in [1.54, 1.807) is 20.8 Å². The fraction of sp³-hybridized carbons (Fsp3) is 0.348. The zero-order chi connectivity index (χ0) is 25.3. The molecule has 1 aliphatic rings. The number of hydrogen-bond donors (Lipinski definition) is 2. The van der Waals surface area contributed by atoms with Gasteiger partial charge in [0.05, 0.1) is 43.4 Å². The molecule has 1 atom stereocenters. The van der Waals surface area contributed by atoms with Crippen LogP contribution in [0.15, 0.2) is 39.9 Å². The number of nitrogens with one attached hydrogen (secondary N) is 1. The summed E-state index contributed by atoms with van der Waals surface area (Å²) in [7, 11) is 1.48. The molecule has 0 bridgehead atoms. The van der Waals surface area contributed by atoms with E-state index in [9.17, 15) is 14.3 Å². The first-order valence-electron chi connectivity index (χ1n) is 10.7. The van der Waals surface area contributed by atoms with Crippen LogP contribution in [0.25, 0.3) is 16.9 Å². The Bertz CT molecular complexity index is 1420. The average Bonchev–Trinajstić information content (AvgIpc) is 2.80. The van der Waals surface area contributed by atoms with Crippen LogP contribution in [0.5, 0.6) is 0 Å². The molecular weight excluding hydrogens is 479 g/mol. The number of hydrogen-bond acceptors (Lipinski definition) is 9. The van der Waals surface area contributed by atoms with Gasteiger partial charge in [-0.05, 0) is 39.0 Å². The predicted octanol–water partition coefficient (Wildman–Crippen LogP) is 2.69. The number of methoxy groups -OCH3 is 1. The van der Waals surface area contributed by atoms with Crippen LogP contribution >= 0.6 is 11.6 Å². The molecule has 1 unspecified atom stereocenters. The van der Waals surface area contributed by atoms with Gasteiger partial charge in [0.25, 0.3) is 0 Å². The second kappa shape index (κ2) is 9.68. The highest BCUT2D eigenvalue weighted by Crippen LogP contribution is 2.24. The average molecular weight is 503 g/mol. The number of nitrogens with zero attached hydrogens (tertiary/aromatic N) is 5. The second-order valence-electron chi connectivity index (χ2n) is 8.24. The summed E-state index contributed by atoms with van der Waals surface area (Å²) in [5, 5.41) is 18.1. The number of ether oxygens (including phenoxy) is 2. The molecule has 10 nitrogen and oxygen atoms in total. The van der Waals surface area contributed by atoms with Gasteiger partial charge in [-0.3, -0.25) is 4.79 Å². The molecule has 0 amide bonds. The number of fused-ring (bicyclic) bond motifs is 1. The Balaban J connectivity index is 1.64. The monoisotopic (exact) mass is 502 g/mol. The van der Waals surface area contributed by atoms with Crippen LogP contribution in [0.2, 0.25) is 5.02 Å². The van der Waals surface area contributed by atoms with E-state index in [1.807, 2.05) is 0 Å². The van der Waals surface area contributed by atoms with E-state index >= 15 is 0 Å². The third kappa shape index (κ3) is 5.02. The number of aryl methyl sites for hydroxylation is 2. The van der Waals surface area contributed by atoms with Crippen LogP contribution in [-0.2, 0) is 16.1 Å². The van der Waals surface area contributed by atoms with Crippen LogP contribution in [0.4, 0.5) is 4.39 Å². The molecule has 3 heterocycles. The fourth-order valence-corrected chi connectivity index (χ4v) is 3.66. The molecule has 0 saturated heterocycles. The molecular formula is C23H24ClFN6O4. The topological polar surface area (TPSA) is 124 Å². The number of halogens is 2. The van der Waals surface area contributed by atoms with Gasteiger partial charge in [-0.25, -0.2) is 24.0 Å². The van der Waals surface area contributed by atoms with E-state index in [4.69, 9.17) is 21.1 Å². The Morgan fingerprint density at radius 2 is 2.03 bits per heavy atom. The van der Waals surface area contributed by atoms with Crippen molar-refractivity contribution < 1.29 is 19.0 Å². The van der Waals surface area contributed by atoms with Crippen molar-refractivity contribution in [2.45, 2.75) is 39.4 Å². The first-order chi connectivity index (χ1) is 16.6. The first-order valence-corrected chi connectivity index (χ1v) is 11.1. The Morgan fingerprint density at radius 1 is 1.29 bits per heavy atom. The van der Waals surface area contributed by atoms with Crippen molar-refractivity contribution in [3.8, 4) is 5.69 Å². The molecule has 0 fully saturated rings. The Morgan fingerprint density at radius 3 is 2.71 bits per heavy atom. The summed E-state index contributed by atoms with van der Waals surface area (Å²) in [6.45, 7) is 4.84. The zero-order valence-corrected chi connectivity index (χ0v) is 20.4. The molecule has 1 aromatic carbocycles. The van der Waals surface area contributed by atoms with Gasteiger partial charge < -0.3 is 19.9 Å². The number of benzene rings is 1. The van der Waals surface area contributed by atoms with Gasteiger partial charge in [0.2, 0.25) is 5.43 Å². The summed E-state index contributed by atoms with van der Waals surface area (Å²) >= 11 is 5.90. The molecule has 0 aliphatic carbocycles. The van der Waals surface area contributed by atoms with Gasteiger partial charge in [0.15, 0.2) is 17.1 Å². The summed E-state index contributed by atoms with van der Waals surface area (Å²) < 4.78 is 26.7. The zero-order valence-electron chi connectivity index (χ0n) is 19.6. The van der Waals surface area contributed by atoms with Gasteiger partial charge >= 0.3 is 0 Å². The summed E-state index contributed by atoms with van der Waals surface area (Å²) in [5.74, 6) is -0.227. The van der Waals surface area contributed by atoms with Crippen molar-refractivity contribution in [1.82, 2.24) is 25.1 Å². The Labute approximate surface area is 205 Å². The van der Waals surface area contributed by atoms with Crippen LogP contribution < -0.4 is 10.7 Å². The molecule has 35 heavy (non-hydrogen) atoms. The second-order valence-corrected chi connectivity index (χ2v) is 8.68. The minimum atomic E-state index is -1.22. The lowest BCUT2D eigenvalue weighted by atomic mass is 9.96. The normalized spacial score (nSPS) is 17.8. The lowest BCUT2D eigenvalue weighted by Crippen LogP contribution is -2.40. The van der Waals surface area contributed by atoms with Gasteiger partial charge in [-0.2, -0.15) is 5.10 Å². The number of rotatable bonds is 6. The maximum absolute atomic E-state index is 14.8. The van der Waals surface area contributed by atoms with Crippen molar-refractivity contribution in [2.75, 3.05) is 13.8 Å². The van der Waals surface area contributed by atoms with Gasteiger partial charge in [0, 0.05) is 5.02 Å². The van der Waals surface area contributed by atoms with Crippen LogP contribution in [-0.4, -0.2) is 50.2 Å². The molecule has 1 aliphatic heterocycles. The molecule has 4 rings (SSSR count). The number of aliphatic imine (C=N–C) groups is 1. The molecule has 2 aromatic heterocycles. The summed E-state index contributed by atoms with van der Waals surface area (Å²) in [5.41, 5.74) is 0.131. The van der Waals surface area contributed by atoms with Crippen molar-refractivity contribution in [3.05, 3.63) is 68.2 Å². The quantitative estimate of drug-likeness (QED) is 0.389. The third-order valence-electron chi connectivity index (χ3n) is 5.58. The van der Waals surface area contributed by atoms with Crippen molar-refractivity contribution in [2.24, 2.45) is 4.99 Å². The fourth-order valence-electron chi connectivity index (χ4n) is 3.51. The maximum atomic E-state index is 14.8. The van der Waals surface area contributed by atoms with Crippen LogP contribution in [0.1, 0.15) is 30.4 Å². The van der Waals surface area contributed by atoms with E-state index in [1.165, 1.54) is 30.1 Å². The minimum Gasteiger partial charge on any atom is -0.484 e. The van der Waals surface area contributed by atoms with E-state index < -0.39 is 16.8 Å². The molecule has 0 radical (unpaired) electrons. The predicted molar refractivity (Wildman–Crippen MR) is 128 cm³/mol. The van der Waals surface area contributed by atoms with Crippen LogP contribution in [0.3, 0.4) is 0 Å². The lowest BCUT2D eigenvalue weighted by molar-refractivity contribution is 0.0649. The molecule has 3 aromatic rings. The van der Waals surface area contributed by atoms with Crippen molar-refractivity contribution in [1.29, 1.82) is 0 Å². The first kappa shape index (κ1) is 24.7. The molecule has 12 heteroatoms. The maximum Gasteiger partial charge on any atom is 0.233 e. The number of aliphatic hydroxyl groups is 1. The largest absolute Gasteiger partial charge is 0.484 e. The smallest absolute Gasteiger partial charge is 0.233 e. The van der Waals surface area contributed by atoms with Gasteiger partial charge in [-0.15, -0.1) is 0 Å². The Kier molecular flexibility index (Phi) is 6.84. The summed E-state index contributed by atoms with van der Waals surface area (Å²) in [4.78, 5) is 26.0. The molecule has 184 valence electrons. The SMILES string of the molecule is COC1=NC=C(NCOCc2nn(-c3ccc(Cl)cc3F)c3nc(C)c(C)nc3c2=O)C(C)(O)C1. The number of aromatic nitrogens is 4. The standard InChI is InChI=1S/C23H24ClFN6O4/c1-12-13(2)29-22-20(28-12)21(32)16(30-31(22)17-6-5-14(24)7-15(17)25)10-35-11-27-18-9-26-19(34-4)8-23(18,3)33/h5-7,9,27,33H,8,10-11H2,1-4H3. The third-order valence-corrected chi connectivity index (χ3v) is 5.81. The Hall–Kier alpha value is -3.41. The van der Waals surface area contributed by atoms with Gasteiger partial charge in [0.1, 0.15) is 29.5 Å². The lowest BCUT2D eigenvalue weighted by Gasteiger charge is -2.29. The van der Waals surface area contributed by atoms with Gasteiger partial charge in [-0.1, -0.05) is 11.6 Å². The van der Waals surface area contributed by atoms with Crippen molar-refractivity contribution >= 4 is 28.7 Å². The van der Waals surface area contributed by atoms with E-state index in [-0.39, 0.29) is 47.3 Å². The molecule has 0 saturated carbocycles. The highest BCUT2D eigenvalue weighted by atomic mass is 35.5. The minimum absolute atomic E-state index is 0.00952. The molecule has 2 N–H and O–H groups in total. The van der Waals surface area contributed by atoms with E-state index in [0.29, 0.717) is 23.0 Å². The summed E-state index contributed by atoms with van der Waals surface area (Å²) in [6, 6.07) is 4.11. The highest BCUT2D eigenvalue weighted by Gasteiger charge is 2.31. The van der Waals surface area contributed by atoms with Crippen molar-refractivity contribution in [3.63, 3.8) is 0 Å². The van der Waals surface area contributed by atoms with E-state index in [0.717, 1.165) is 6.07 Å². The highest BCUT2D eigenvalue weighted by molar-refractivity contribution is 6.30.